The van der Waals surface area contributed by atoms with Gasteiger partial charge in [-0.25, -0.2) is 0 Å². The number of hydrogen-bond acceptors (Lipinski definition) is 3. The predicted octanol–water partition coefficient (Wildman–Crippen LogP) is 1.56. The average molecular weight is 207 g/mol. The fraction of sp³-hybridized carbons (Fsp3) is 0.875. The van der Waals surface area contributed by atoms with Crippen LogP contribution in [0.1, 0.15) is 20.3 Å². The van der Waals surface area contributed by atoms with Crippen LogP contribution in [0.4, 0.5) is 0 Å². The van der Waals surface area contributed by atoms with Crippen molar-refractivity contribution in [3.8, 4) is 0 Å². The molecule has 0 aromatic heterocycles. The minimum absolute atomic E-state index is 0.0203. The first-order valence-electron chi connectivity index (χ1n) is 4.05. The molecule has 0 heterocycles. The summed E-state index contributed by atoms with van der Waals surface area (Å²) in [5.74, 6) is 1.11. The molecule has 0 aromatic rings. The van der Waals surface area contributed by atoms with E-state index < -0.39 is 0 Å². The highest BCUT2D eigenvalue weighted by Gasteiger charge is 2.10. The largest absolute Gasteiger partial charge is 0.353 e. The molecule has 0 rings (SSSR count). The molecular formula is C8H17NOS2. The minimum Gasteiger partial charge on any atom is -0.353 e. The van der Waals surface area contributed by atoms with Crippen LogP contribution in [0.3, 0.4) is 0 Å². The van der Waals surface area contributed by atoms with E-state index in [1.807, 2.05) is 6.92 Å². The second-order valence-corrected chi connectivity index (χ2v) is 4.63. The highest BCUT2D eigenvalue weighted by Crippen LogP contribution is 2.01. The molecule has 72 valence electrons. The highest BCUT2D eigenvalue weighted by molar-refractivity contribution is 7.98. The fourth-order valence-electron chi connectivity index (χ4n) is 0.730. The van der Waals surface area contributed by atoms with Crippen molar-refractivity contribution in [3.63, 3.8) is 0 Å². The zero-order valence-corrected chi connectivity index (χ0v) is 9.54. The van der Waals surface area contributed by atoms with Crippen molar-refractivity contribution in [2.24, 2.45) is 0 Å². The van der Waals surface area contributed by atoms with Crippen molar-refractivity contribution < 1.29 is 4.79 Å². The topological polar surface area (TPSA) is 29.1 Å². The van der Waals surface area contributed by atoms with Crippen molar-refractivity contribution >= 4 is 30.3 Å². The van der Waals surface area contributed by atoms with Gasteiger partial charge in [0.2, 0.25) is 5.91 Å². The van der Waals surface area contributed by atoms with Gasteiger partial charge in [-0.3, -0.25) is 4.79 Å². The van der Waals surface area contributed by atoms with Gasteiger partial charge in [0.1, 0.15) is 0 Å². The molecule has 2 unspecified atom stereocenters. The fourth-order valence-corrected chi connectivity index (χ4v) is 1.39. The smallest absolute Gasteiger partial charge is 0.232 e. The summed E-state index contributed by atoms with van der Waals surface area (Å²) in [6, 6.07) is 0.263. The van der Waals surface area contributed by atoms with Crippen LogP contribution in [-0.4, -0.2) is 29.2 Å². The van der Waals surface area contributed by atoms with Gasteiger partial charge in [-0.15, -0.1) is 0 Å². The lowest BCUT2D eigenvalue weighted by Crippen LogP contribution is -2.37. The Balaban J connectivity index is 3.54. The van der Waals surface area contributed by atoms with Gasteiger partial charge >= 0.3 is 0 Å². The van der Waals surface area contributed by atoms with E-state index in [-0.39, 0.29) is 17.2 Å². The third kappa shape index (κ3) is 5.77. The molecule has 0 spiro atoms. The number of thiol groups is 1. The molecule has 0 aliphatic carbocycles. The van der Waals surface area contributed by atoms with Crippen LogP contribution in [0, 0.1) is 0 Å². The first kappa shape index (κ1) is 12.2. The standard InChI is InChI=1S/C8H17NOS2/c1-6(4-5-12-3)9-8(10)7(2)11/h6-7,11H,4-5H2,1-3H3,(H,9,10). The van der Waals surface area contributed by atoms with Crippen LogP contribution >= 0.6 is 24.4 Å². The number of carbonyl (C=O) groups excluding carboxylic acids is 1. The maximum atomic E-state index is 11.1. The molecule has 2 nitrogen and oxygen atoms in total. The van der Waals surface area contributed by atoms with Crippen LogP contribution in [0.5, 0.6) is 0 Å². The average Bonchev–Trinajstić information content (AvgIpc) is 2.00. The van der Waals surface area contributed by atoms with Crippen LogP contribution in [0.2, 0.25) is 0 Å². The summed E-state index contributed by atoms with van der Waals surface area (Å²) < 4.78 is 0. The Kier molecular flexibility index (Phi) is 6.76. The van der Waals surface area contributed by atoms with E-state index in [1.54, 1.807) is 18.7 Å². The van der Waals surface area contributed by atoms with Gasteiger partial charge in [-0.1, -0.05) is 0 Å². The number of carbonyl (C=O) groups is 1. The molecule has 0 aliphatic heterocycles. The summed E-state index contributed by atoms with van der Waals surface area (Å²) in [5, 5.41) is 2.68. The van der Waals surface area contributed by atoms with Crippen molar-refractivity contribution in [1.29, 1.82) is 0 Å². The van der Waals surface area contributed by atoms with Gasteiger partial charge in [0.25, 0.3) is 0 Å². The Morgan fingerprint density at radius 1 is 1.58 bits per heavy atom. The third-order valence-corrected chi connectivity index (χ3v) is 2.40. The maximum Gasteiger partial charge on any atom is 0.232 e. The molecule has 0 saturated heterocycles. The third-order valence-electron chi connectivity index (χ3n) is 1.52. The number of hydrogen-bond donors (Lipinski definition) is 2. The molecule has 12 heavy (non-hydrogen) atoms. The van der Waals surface area contributed by atoms with Gasteiger partial charge in [0.05, 0.1) is 5.25 Å². The lowest BCUT2D eigenvalue weighted by atomic mass is 10.2. The summed E-state index contributed by atoms with van der Waals surface area (Å²) in [6.07, 6.45) is 3.09. The molecule has 2 atom stereocenters. The van der Waals surface area contributed by atoms with E-state index in [2.05, 4.69) is 24.2 Å². The molecule has 4 heteroatoms. The van der Waals surface area contributed by atoms with Crippen molar-refractivity contribution in [2.75, 3.05) is 12.0 Å². The van der Waals surface area contributed by atoms with E-state index in [1.165, 1.54) is 0 Å². The number of nitrogens with one attached hydrogen (secondary N) is 1. The first-order valence-corrected chi connectivity index (χ1v) is 5.96. The molecule has 0 bridgehead atoms. The summed E-state index contributed by atoms with van der Waals surface area (Å²) >= 11 is 5.84. The zero-order valence-electron chi connectivity index (χ0n) is 7.83. The second-order valence-electron chi connectivity index (χ2n) is 2.87. The van der Waals surface area contributed by atoms with Crippen LogP contribution in [-0.2, 0) is 4.79 Å². The monoisotopic (exact) mass is 207 g/mol. The van der Waals surface area contributed by atoms with Gasteiger partial charge < -0.3 is 5.32 Å². The Hall–Kier alpha value is 0.170. The molecule has 0 saturated carbocycles. The highest BCUT2D eigenvalue weighted by atomic mass is 32.2. The van der Waals surface area contributed by atoms with Crippen molar-refractivity contribution in [2.45, 2.75) is 31.6 Å². The van der Waals surface area contributed by atoms with Crippen LogP contribution in [0.15, 0.2) is 0 Å². The minimum atomic E-state index is -0.207. The Morgan fingerprint density at radius 3 is 2.58 bits per heavy atom. The van der Waals surface area contributed by atoms with Crippen LogP contribution in [0.25, 0.3) is 0 Å². The molecule has 0 aromatic carbocycles. The molecule has 1 N–H and O–H groups in total. The van der Waals surface area contributed by atoms with Gasteiger partial charge in [0, 0.05) is 6.04 Å². The van der Waals surface area contributed by atoms with E-state index >= 15 is 0 Å². The van der Waals surface area contributed by atoms with Crippen molar-refractivity contribution in [3.05, 3.63) is 0 Å². The molecule has 0 fully saturated rings. The predicted molar refractivity (Wildman–Crippen MR) is 59.1 cm³/mol. The van der Waals surface area contributed by atoms with Gasteiger partial charge in [0.15, 0.2) is 0 Å². The molecular weight excluding hydrogens is 190 g/mol. The quantitative estimate of drug-likeness (QED) is 0.670. The second kappa shape index (κ2) is 6.66. The Bertz CT molecular complexity index is 139. The number of amides is 1. The Morgan fingerprint density at radius 2 is 2.17 bits per heavy atom. The Labute approximate surface area is 84.3 Å². The number of thioether (sulfide) groups is 1. The van der Waals surface area contributed by atoms with Crippen molar-refractivity contribution in [1.82, 2.24) is 5.32 Å². The van der Waals surface area contributed by atoms with E-state index in [0.29, 0.717) is 0 Å². The first-order chi connectivity index (χ1) is 5.57. The summed E-state index contributed by atoms with van der Waals surface area (Å²) in [5.41, 5.74) is 0. The summed E-state index contributed by atoms with van der Waals surface area (Å²) in [4.78, 5) is 11.1. The lowest BCUT2D eigenvalue weighted by molar-refractivity contribution is -0.120. The SMILES string of the molecule is CSCCC(C)NC(=O)C(C)S. The summed E-state index contributed by atoms with van der Waals surface area (Å²) in [7, 11) is 0. The summed E-state index contributed by atoms with van der Waals surface area (Å²) in [6.45, 7) is 3.80. The van der Waals surface area contributed by atoms with E-state index in [9.17, 15) is 4.79 Å². The molecule has 1 amide bonds. The zero-order chi connectivity index (χ0) is 9.56. The molecule has 0 aliphatic rings. The van der Waals surface area contributed by atoms with Gasteiger partial charge in [-0.2, -0.15) is 24.4 Å². The normalized spacial score (nSPS) is 15.3. The van der Waals surface area contributed by atoms with Gasteiger partial charge in [-0.05, 0) is 32.3 Å². The number of rotatable bonds is 5. The van der Waals surface area contributed by atoms with E-state index in [4.69, 9.17) is 0 Å². The lowest BCUT2D eigenvalue weighted by Gasteiger charge is -2.14. The van der Waals surface area contributed by atoms with E-state index in [0.717, 1.165) is 12.2 Å². The maximum absolute atomic E-state index is 11.1. The molecule has 0 radical (unpaired) electrons. The van der Waals surface area contributed by atoms with Crippen LogP contribution < -0.4 is 5.32 Å².